The highest BCUT2D eigenvalue weighted by Gasteiger charge is 2.26. The SMILES string of the molecule is C=C1CCC=CC(c2ccccc2)N(C)C1c1ccccc1. The van der Waals surface area contributed by atoms with Gasteiger partial charge in [-0.2, -0.15) is 0 Å². The molecule has 1 heteroatoms. The summed E-state index contributed by atoms with van der Waals surface area (Å²) >= 11 is 0. The smallest absolute Gasteiger partial charge is 0.0564 e. The van der Waals surface area contributed by atoms with Crippen molar-refractivity contribution < 1.29 is 0 Å². The predicted molar refractivity (Wildman–Crippen MR) is 93.6 cm³/mol. The van der Waals surface area contributed by atoms with Crippen molar-refractivity contribution in [3.8, 4) is 0 Å². The zero-order valence-corrected chi connectivity index (χ0v) is 13.2. The molecule has 0 aliphatic carbocycles. The average molecular weight is 289 g/mol. The van der Waals surface area contributed by atoms with Crippen molar-refractivity contribution in [1.82, 2.24) is 4.90 Å². The standard InChI is InChI=1S/C21H23N/c1-17-11-9-10-16-20(18-12-5-3-6-13-18)22(2)21(17)19-14-7-4-8-15-19/h3-8,10,12-16,20-21H,1,9,11H2,2H3. The molecule has 1 aliphatic heterocycles. The Morgan fingerprint density at radius 2 is 1.50 bits per heavy atom. The Morgan fingerprint density at radius 1 is 0.909 bits per heavy atom. The van der Waals surface area contributed by atoms with Crippen LogP contribution in [0.5, 0.6) is 0 Å². The molecule has 2 aromatic rings. The Labute approximate surface area is 133 Å². The van der Waals surface area contributed by atoms with Gasteiger partial charge in [-0.1, -0.05) is 85.0 Å². The van der Waals surface area contributed by atoms with E-state index >= 15 is 0 Å². The Morgan fingerprint density at radius 3 is 2.14 bits per heavy atom. The van der Waals surface area contributed by atoms with E-state index in [4.69, 9.17) is 0 Å². The molecule has 1 nitrogen and oxygen atoms in total. The number of hydrogen-bond acceptors (Lipinski definition) is 1. The molecule has 1 heterocycles. The van der Waals surface area contributed by atoms with Gasteiger partial charge in [0, 0.05) is 0 Å². The normalized spacial score (nSPS) is 23.0. The molecule has 2 atom stereocenters. The van der Waals surface area contributed by atoms with Crippen molar-refractivity contribution in [2.45, 2.75) is 24.9 Å². The molecule has 3 rings (SSSR count). The summed E-state index contributed by atoms with van der Waals surface area (Å²) in [6.45, 7) is 4.38. The van der Waals surface area contributed by atoms with Crippen LogP contribution in [0.4, 0.5) is 0 Å². The first kappa shape index (κ1) is 14.8. The van der Waals surface area contributed by atoms with Crippen molar-refractivity contribution in [2.24, 2.45) is 0 Å². The summed E-state index contributed by atoms with van der Waals surface area (Å²) < 4.78 is 0. The first-order chi connectivity index (χ1) is 10.8. The summed E-state index contributed by atoms with van der Waals surface area (Å²) in [5.41, 5.74) is 3.95. The maximum absolute atomic E-state index is 4.38. The van der Waals surface area contributed by atoms with Crippen molar-refractivity contribution in [2.75, 3.05) is 7.05 Å². The predicted octanol–water partition coefficient (Wildman–Crippen LogP) is 5.31. The van der Waals surface area contributed by atoms with Crippen LogP contribution in [-0.2, 0) is 0 Å². The van der Waals surface area contributed by atoms with Crippen LogP contribution in [0.15, 0.2) is 85.0 Å². The van der Waals surface area contributed by atoms with Gasteiger partial charge >= 0.3 is 0 Å². The molecule has 1 aliphatic rings. The highest BCUT2D eigenvalue weighted by atomic mass is 15.2. The second kappa shape index (κ2) is 6.76. The van der Waals surface area contributed by atoms with Gasteiger partial charge < -0.3 is 0 Å². The highest BCUT2D eigenvalue weighted by Crippen LogP contribution is 2.37. The molecule has 0 radical (unpaired) electrons. The fraction of sp³-hybridized carbons (Fsp3) is 0.238. The molecule has 112 valence electrons. The molecule has 0 fully saturated rings. The Kier molecular flexibility index (Phi) is 4.55. The number of nitrogens with zero attached hydrogens (tertiary/aromatic N) is 1. The van der Waals surface area contributed by atoms with Crippen LogP contribution in [0, 0.1) is 0 Å². The lowest BCUT2D eigenvalue weighted by Gasteiger charge is -2.37. The van der Waals surface area contributed by atoms with Gasteiger partial charge in [0.2, 0.25) is 0 Å². The summed E-state index contributed by atoms with van der Waals surface area (Å²) in [7, 11) is 2.20. The van der Waals surface area contributed by atoms with Gasteiger partial charge in [0.25, 0.3) is 0 Å². The Balaban J connectivity index is 2.01. The number of likely N-dealkylation sites (N-methyl/N-ethyl adjacent to an activating group) is 1. The van der Waals surface area contributed by atoms with E-state index in [1.807, 2.05) is 0 Å². The van der Waals surface area contributed by atoms with Crippen LogP contribution in [0.3, 0.4) is 0 Å². The van der Waals surface area contributed by atoms with E-state index < -0.39 is 0 Å². The molecule has 0 amide bonds. The minimum absolute atomic E-state index is 0.261. The van der Waals surface area contributed by atoms with Crippen molar-refractivity contribution in [3.05, 3.63) is 96.1 Å². The molecule has 0 bridgehead atoms. The third-order valence-corrected chi connectivity index (χ3v) is 4.44. The van der Waals surface area contributed by atoms with Crippen molar-refractivity contribution >= 4 is 0 Å². The van der Waals surface area contributed by atoms with E-state index in [2.05, 4.69) is 91.3 Å². The van der Waals surface area contributed by atoms with Gasteiger partial charge in [0.15, 0.2) is 0 Å². The molecule has 0 spiro atoms. The molecule has 0 saturated heterocycles. The summed E-state index contributed by atoms with van der Waals surface area (Å²) in [6, 6.07) is 22.0. The average Bonchev–Trinajstić information content (AvgIpc) is 2.55. The van der Waals surface area contributed by atoms with Gasteiger partial charge in [-0.25, -0.2) is 0 Å². The van der Waals surface area contributed by atoms with Crippen LogP contribution >= 0.6 is 0 Å². The van der Waals surface area contributed by atoms with Crippen molar-refractivity contribution in [3.63, 3.8) is 0 Å². The zero-order chi connectivity index (χ0) is 15.4. The quantitative estimate of drug-likeness (QED) is 0.677. The third-order valence-electron chi connectivity index (χ3n) is 4.44. The minimum Gasteiger partial charge on any atom is -0.285 e. The molecule has 2 unspecified atom stereocenters. The lowest BCUT2D eigenvalue weighted by atomic mass is 9.90. The highest BCUT2D eigenvalue weighted by molar-refractivity contribution is 5.31. The zero-order valence-electron chi connectivity index (χ0n) is 13.2. The van der Waals surface area contributed by atoms with Crippen molar-refractivity contribution in [1.29, 1.82) is 0 Å². The Hall–Kier alpha value is -2.12. The molecule has 22 heavy (non-hydrogen) atoms. The summed E-state index contributed by atoms with van der Waals surface area (Å²) in [6.07, 6.45) is 6.74. The second-order valence-corrected chi connectivity index (χ2v) is 5.96. The Bertz CT molecular complexity index is 642. The lowest BCUT2D eigenvalue weighted by molar-refractivity contribution is 0.225. The molecule has 0 saturated carbocycles. The van der Waals surface area contributed by atoms with Crippen LogP contribution in [-0.4, -0.2) is 11.9 Å². The lowest BCUT2D eigenvalue weighted by Crippen LogP contribution is -2.30. The maximum Gasteiger partial charge on any atom is 0.0564 e. The van der Waals surface area contributed by atoms with Crippen LogP contribution in [0.1, 0.15) is 36.1 Å². The van der Waals surface area contributed by atoms with E-state index in [1.54, 1.807) is 0 Å². The number of allylic oxidation sites excluding steroid dienone is 1. The molecular weight excluding hydrogens is 266 g/mol. The number of benzene rings is 2. The van der Waals surface area contributed by atoms with E-state index in [-0.39, 0.29) is 12.1 Å². The van der Waals surface area contributed by atoms with Gasteiger partial charge in [-0.05, 0) is 31.0 Å². The topological polar surface area (TPSA) is 3.24 Å². The van der Waals surface area contributed by atoms with E-state index in [9.17, 15) is 0 Å². The van der Waals surface area contributed by atoms with Crippen LogP contribution < -0.4 is 0 Å². The van der Waals surface area contributed by atoms with Crippen LogP contribution in [0.25, 0.3) is 0 Å². The first-order valence-electron chi connectivity index (χ1n) is 7.93. The van der Waals surface area contributed by atoms with E-state index in [0.717, 1.165) is 12.8 Å². The second-order valence-electron chi connectivity index (χ2n) is 5.96. The molecular formula is C21H23N. The number of hydrogen-bond donors (Lipinski definition) is 0. The van der Waals surface area contributed by atoms with E-state index in [1.165, 1.54) is 16.7 Å². The summed E-state index contributed by atoms with van der Waals surface area (Å²) in [4.78, 5) is 2.43. The summed E-state index contributed by atoms with van der Waals surface area (Å²) in [5, 5.41) is 0. The molecule has 2 aromatic carbocycles. The largest absolute Gasteiger partial charge is 0.285 e. The maximum atomic E-state index is 4.38. The van der Waals surface area contributed by atoms with Gasteiger partial charge in [-0.3, -0.25) is 4.90 Å². The number of rotatable bonds is 2. The van der Waals surface area contributed by atoms with Gasteiger partial charge in [0.1, 0.15) is 0 Å². The molecule has 0 aromatic heterocycles. The first-order valence-corrected chi connectivity index (χ1v) is 7.93. The van der Waals surface area contributed by atoms with E-state index in [0.29, 0.717) is 0 Å². The summed E-state index contributed by atoms with van der Waals surface area (Å²) in [5.74, 6) is 0. The minimum atomic E-state index is 0.261. The molecule has 0 N–H and O–H groups in total. The van der Waals surface area contributed by atoms with Gasteiger partial charge in [-0.15, -0.1) is 0 Å². The third kappa shape index (κ3) is 3.05. The fourth-order valence-corrected chi connectivity index (χ4v) is 3.32. The monoisotopic (exact) mass is 289 g/mol. The fourth-order valence-electron chi connectivity index (χ4n) is 3.32. The van der Waals surface area contributed by atoms with Crippen LogP contribution in [0.2, 0.25) is 0 Å². The van der Waals surface area contributed by atoms with Gasteiger partial charge in [0.05, 0.1) is 12.1 Å².